The molecule has 0 unspecified atom stereocenters. The van der Waals surface area contributed by atoms with Crippen molar-refractivity contribution in [2.45, 2.75) is 6.92 Å². The summed E-state index contributed by atoms with van der Waals surface area (Å²) < 4.78 is 0. The molecule has 0 aliphatic carbocycles. The minimum Gasteiger partial charge on any atom is -0.344 e. The molecule has 5 rings (SSSR count). The van der Waals surface area contributed by atoms with Gasteiger partial charge >= 0.3 is 20.4 Å². The largest absolute Gasteiger partial charge is 2.00 e. The molecule has 3 aromatic carbocycles. The van der Waals surface area contributed by atoms with E-state index in [1.165, 1.54) is 5.56 Å². The predicted octanol–water partition coefficient (Wildman–Crippen LogP) is 6.93. The molecule has 3 heteroatoms. The Morgan fingerprint density at radius 3 is 2.53 bits per heavy atom. The molecular formula is C29H20N2Pd. The summed E-state index contributed by atoms with van der Waals surface area (Å²) >= 11 is 0. The van der Waals surface area contributed by atoms with Crippen LogP contribution in [0.2, 0.25) is 0 Å². The van der Waals surface area contributed by atoms with Gasteiger partial charge in [-0.2, -0.15) is 0 Å². The van der Waals surface area contributed by atoms with Gasteiger partial charge in [0.05, 0.1) is 0 Å². The van der Waals surface area contributed by atoms with E-state index in [1.54, 1.807) is 0 Å². The Morgan fingerprint density at radius 2 is 1.69 bits per heavy atom. The van der Waals surface area contributed by atoms with E-state index in [-0.39, 0.29) is 20.4 Å². The van der Waals surface area contributed by atoms with Crippen LogP contribution < -0.4 is 0 Å². The molecule has 0 saturated heterocycles. The zero-order valence-electron chi connectivity index (χ0n) is 17.5. The average molecular weight is 503 g/mol. The number of benzene rings is 3. The van der Waals surface area contributed by atoms with Gasteiger partial charge in [-0.15, -0.1) is 65.2 Å². The van der Waals surface area contributed by atoms with Crippen LogP contribution in [0.15, 0.2) is 97.2 Å². The van der Waals surface area contributed by atoms with Gasteiger partial charge in [-0.05, 0) is 34.3 Å². The summed E-state index contributed by atoms with van der Waals surface area (Å²) in [5.41, 5.74) is 6.96. The summed E-state index contributed by atoms with van der Waals surface area (Å²) in [6.45, 7) is 2.09. The third kappa shape index (κ3) is 4.60. The van der Waals surface area contributed by atoms with Crippen LogP contribution in [0, 0.1) is 19.1 Å². The fraction of sp³-hybridized carbons (Fsp3) is 0.0345. The quantitative estimate of drug-likeness (QED) is 0.197. The van der Waals surface area contributed by atoms with Gasteiger partial charge in [0.2, 0.25) is 0 Å². The van der Waals surface area contributed by atoms with Gasteiger partial charge in [0.1, 0.15) is 0 Å². The number of rotatable bonds is 4. The zero-order chi connectivity index (χ0) is 21.0. The van der Waals surface area contributed by atoms with Crippen molar-refractivity contribution in [1.29, 1.82) is 0 Å². The molecule has 2 nitrogen and oxygen atoms in total. The van der Waals surface area contributed by atoms with E-state index in [4.69, 9.17) is 4.98 Å². The SMILES string of the molecule is Cc1cc[c-]c(-c2nc(C=[C-]c3ccccc3-c3ccccn3)cc3ccccc23)c1.[Pd+2]. The maximum Gasteiger partial charge on any atom is 2.00 e. The first kappa shape index (κ1) is 21.8. The van der Waals surface area contributed by atoms with Crippen molar-refractivity contribution in [3.05, 3.63) is 126 Å². The summed E-state index contributed by atoms with van der Waals surface area (Å²) in [5, 5.41) is 2.27. The predicted molar refractivity (Wildman–Crippen MR) is 127 cm³/mol. The topological polar surface area (TPSA) is 25.8 Å². The molecule has 156 valence electrons. The molecular weight excluding hydrogens is 483 g/mol. The van der Waals surface area contributed by atoms with Crippen molar-refractivity contribution in [3.63, 3.8) is 0 Å². The Bertz CT molecular complexity index is 1390. The van der Waals surface area contributed by atoms with Gasteiger partial charge < -0.3 is 4.98 Å². The van der Waals surface area contributed by atoms with Crippen molar-refractivity contribution in [1.82, 2.24) is 9.97 Å². The minimum atomic E-state index is 0. The number of aromatic nitrogens is 2. The van der Waals surface area contributed by atoms with Crippen molar-refractivity contribution in [3.8, 4) is 22.5 Å². The normalized spacial score (nSPS) is 10.9. The molecule has 0 aliphatic rings. The molecule has 0 spiro atoms. The summed E-state index contributed by atoms with van der Waals surface area (Å²) in [7, 11) is 0. The number of pyridine rings is 2. The minimum absolute atomic E-state index is 0. The molecule has 0 N–H and O–H groups in total. The third-order valence-corrected chi connectivity index (χ3v) is 5.22. The number of aryl methyl sites for hydroxylation is 1. The van der Waals surface area contributed by atoms with Crippen molar-refractivity contribution >= 4 is 16.8 Å². The Hall–Kier alpha value is -3.38. The second-order valence-corrected chi connectivity index (χ2v) is 7.45. The van der Waals surface area contributed by atoms with Crippen LogP contribution >= 0.6 is 0 Å². The van der Waals surface area contributed by atoms with Gasteiger partial charge in [-0.1, -0.05) is 61.0 Å². The second-order valence-electron chi connectivity index (χ2n) is 7.45. The molecule has 5 aromatic rings. The summed E-state index contributed by atoms with van der Waals surface area (Å²) in [4.78, 5) is 9.46. The van der Waals surface area contributed by atoms with Crippen molar-refractivity contribution < 1.29 is 20.4 Å². The van der Waals surface area contributed by atoms with Crippen LogP contribution in [0.1, 0.15) is 16.8 Å². The monoisotopic (exact) mass is 502 g/mol. The number of hydrogen-bond donors (Lipinski definition) is 0. The van der Waals surface area contributed by atoms with Gasteiger partial charge in [0, 0.05) is 11.9 Å². The fourth-order valence-electron chi connectivity index (χ4n) is 3.72. The average Bonchev–Trinajstić information content (AvgIpc) is 2.83. The molecule has 0 fully saturated rings. The Labute approximate surface area is 202 Å². The van der Waals surface area contributed by atoms with E-state index in [1.807, 2.05) is 54.7 Å². The zero-order valence-corrected chi connectivity index (χ0v) is 19.1. The second kappa shape index (κ2) is 9.83. The Balaban J connectivity index is 0.00000245. The van der Waals surface area contributed by atoms with Crippen LogP contribution in [0.25, 0.3) is 39.4 Å². The third-order valence-electron chi connectivity index (χ3n) is 5.22. The molecule has 2 heterocycles. The summed E-state index contributed by atoms with van der Waals surface area (Å²) in [6, 6.07) is 34.0. The molecule has 2 aromatic heterocycles. The van der Waals surface area contributed by atoms with E-state index in [0.717, 1.165) is 44.5 Å². The summed E-state index contributed by atoms with van der Waals surface area (Å²) in [6.07, 6.45) is 7.21. The van der Waals surface area contributed by atoms with Gasteiger partial charge in [-0.25, -0.2) is 0 Å². The first-order chi connectivity index (χ1) is 15.3. The van der Waals surface area contributed by atoms with Crippen molar-refractivity contribution in [2.24, 2.45) is 0 Å². The van der Waals surface area contributed by atoms with Gasteiger partial charge in [0.25, 0.3) is 0 Å². The van der Waals surface area contributed by atoms with Crippen LogP contribution in [-0.2, 0) is 20.4 Å². The fourth-order valence-corrected chi connectivity index (χ4v) is 3.72. The number of hydrogen-bond acceptors (Lipinski definition) is 2. The number of nitrogens with zero attached hydrogens (tertiary/aromatic N) is 2. The van der Waals surface area contributed by atoms with E-state index in [2.05, 4.69) is 72.6 Å². The molecule has 0 aliphatic heterocycles. The van der Waals surface area contributed by atoms with E-state index < -0.39 is 0 Å². The smallest absolute Gasteiger partial charge is 0.344 e. The first-order valence-electron chi connectivity index (χ1n) is 10.3. The van der Waals surface area contributed by atoms with Crippen LogP contribution in [0.5, 0.6) is 0 Å². The molecule has 0 saturated carbocycles. The van der Waals surface area contributed by atoms with Gasteiger partial charge in [-0.3, -0.25) is 4.98 Å². The Morgan fingerprint density at radius 1 is 0.875 bits per heavy atom. The molecule has 0 amide bonds. The maximum absolute atomic E-state index is 4.96. The standard InChI is InChI=1S/C29H20N2.Pd/c1-21-9-8-12-24(19-21)29-27-14-5-3-11-23(27)20-25(31-29)17-16-22-10-2-4-13-26(22)28-15-6-7-18-30-28;/h2-11,13-15,17-20H,1H3;/q-2;+2. The number of fused-ring (bicyclic) bond motifs is 1. The van der Waals surface area contributed by atoms with Crippen LogP contribution in [0.3, 0.4) is 0 Å². The van der Waals surface area contributed by atoms with E-state index in [0.29, 0.717) is 0 Å². The van der Waals surface area contributed by atoms with Crippen LogP contribution in [0.4, 0.5) is 0 Å². The van der Waals surface area contributed by atoms with Gasteiger partial charge in [0.15, 0.2) is 0 Å². The molecule has 0 atom stereocenters. The molecule has 32 heavy (non-hydrogen) atoms. The van der Waals surface area contributed by atoms with Crippen molar-refractivity contribution in [2.75, 3.05) is 0 Å². The van der Waals surface area contributed by atoms with E-state index in [9.17, 15) is 0 Å². The Kier molecular flexibility index (Phi) is 6.71. The first-order valence-corrected chi connectivity index (χ1v) is 10.3. The molecule has 0 radical (unpaired) electrons. The molecule has 0 bridgehead atoms. The van der Waals surface area contributed by atoms with Crippen LogP contribution in [-0.4, -0.2) is 9.97 Å². The summed E-state index contributed by atoms with van der Waals surface area (Å²) in [5.74, 6) is 0. The maximum atomic E-state index is 4.96. The van der Waals surface area contributed by atoms with E-state index >= 15 is 0 Å².